The molecule has 0 bridgehead atoms. The standard InChI is InChI=1S/C26H26FNO4/c1-26(2)24(31-25(29)18-9-11-19(27)12-10-18)23(30-3)21-15-20(13-14-22(21)32-26)28-16-17-7-5-4-6-8-17/h4-15,23-24,28H,16H2,1-3H3. The van der Waals surface area contributed by atoms with Gasteiger partial charge in [0.2, 0.25) is 0 Å². The predicted molar refractivity (Wildman–Crippen MR) is 120 cm³/mol. The molecule has 0 aromatic heterocycles. The van der Waals surface area contributed by atoms with Gasteiger partial charge in [0.25, 0.3) is 0 Å². The highest BCUT2D eigenvalue weighted by Crippen LogP contribution is 2.44. The summed E-state index contributed by atoms with van der Waals surface area (Å²) < 4.78 is 31.0. The second-order valence-electron chi connectivity index (χ2n) is 8.29. The first kappa shape index (κ1) is 21.8. The second-order valence-corrected chi connectivity index (χ2v) is 8.29. The van der Waals surface area contributed by atoms with Crippen LogP contribution in [-0.2, 0) is 16.0 Å². The number of methoxy groups -OCH3 is 1. The van der Waals surface area contributed by atoms with Gasteiger partial charge in [0, 0.05) is 24.9 Å². The minimum atomic E-state index is -0.831. The van der Waals surface area contributed by atoms with E-state index in [2.05, 4.69) is 17.4 Å². The summed E-state index contributed by atoms with van der Waals surface area (Å²) in [5.41, 5.74) is 2.30. The van der Waals surface area contributed by atoms with Crippen molar-refractivity contribution in [3.8, 4) is 5.75 Å². The Morgan fingerprint density at radius 1 is 1.06 bits per heavy atom. The summed E-state index contributed by atoms with van der Waals surface area (Å²) >= 11 is 0. The summed E-state index contributed by atoms with van der Waals surface area (Å²) in [6.45, 7) is 4.38. The lowest BCUT2D eigenvalue weighted by Crippen LogP contribution is -2.51. The third-order valence-corrected chi connectivity index (χ3v) is 5.56. The molecule has 2 atom stereocenters. The number of hydrogen-bond acceptors (Lipinski definition) is 5. The van der Waals surface area contributed by atoms with Crippen molar-refractivity contribution in [3.63, 3.8) is 0 Å². The molecule has 2 unspecified atom stereocenters. The van der Waals surface area contributed by atoms with Crippen LogP contribution in [0.25, 0.3) is 0 Å². The Morgan fingerprint density at radius 2 is 1.78 bits per heavy atom. The molecule has 166 valence electrons. The number of fused-ring (bicyclic) bond motifs is 1. The van der Waals surface area contributed by atoms with Gasteiger partial charge in [-0.05, 0) is 61.9 Å². The first-order valence-electron chi connectivity index (χ1n) is 10.5. The van der Waals surface area contributed by atoms with Crippen molar-refractivity contribution >= 4 is 11.7 Å². The highest BCUT2D eigenvalue weighted by molar-refractivity contribution is 5.89. The van der Waals surface area contributed by atoms with Gasteiger partial charge in [0.05, 0.1) is 5.56 Å². The Morgan fingerprint density at radius 3 is 2.47 bits per heavy atom. The molecule has 1 heterocycles. The van der Waals surface area contributed by atoms with Crippen LogP contribution in [0.5, 0.6) is 5.75 Å². The lowest BCUT2D eigenvalue weighted by molar-refractivity contribution is -0.129. The highest BCUT2D eigenvalue weighted by atomic mass is 19.1. The number of carbonyl (C=O) groups excluding carboxylic acids is 1. The summed E-state index contributed by atoms with van der Waals surface area (Å²) in [5, 5.41) is 3.41. The monoisotopic (exact) mass is 435 g/mol. The molecule has 0 saturated heterocycles. The Balaban J connectivity index is 1.57. The van der Waals surface area contributed by atoms with E-state index in [-0.39, 0.29) is 5.56 Å². The number of halogens is 1. The van der Waals surface area contributed by atoms with Gasteiger partial charge >= 0.3 is 5.97 Å². The summed E-state index contributed by atoms with van der Waals surface area (Å²) in [7, 11) is 1.58. The van der Waals surface area contributed by atoms with Gasteiger partial charge in [0.1, 0.15) is 23.3 Å². The summed E-state index contributed by atoms with van der Waals surface area (Å²) in [5.74, 6) is -0.293. The molecule has 1 aliphatic rings. The van der Waals surface area contributed by atoms with Crippen molar-refractivity contribution in [2.45, 2.75) is 38.2 Å². The smallest absolute Gasteiger partial charge is 0.338 e. The SMILES string of the molecule is COC1c2cc(NCc3ccccc3)ccc2OC(C)(C)C1OC(=O)c1ccc(F)cc1. The van der Waals surface area contributed by atoms with E-state index in [1.807, 2.05) is 50.2 Å². The van der Waals surface area contributed by atoms with Crippen LogP contribution < -0.4 is 10.1 Å². The normalized spacial score (nSPS) is 18.9. The summed E-state index contributed by atoms with van der Waals surface area (Å²) in [6, 6.07) is 21.2. The zero-order valence-electron chi connectivity index (χ0n) is 18.3. The van der Waals surface area contributed by atoms with Crippen molar-refractivity contribution in [1.82, 2.24) is 0 Å². The Bertz CT molecular complexity index is 1080. The molecule has 3 aromatic rings. The van der Waals surface area contributed by atoms with Gasteiger partial charge in [-0.15, -0.1) is 0 Å². The molecule has 0 aliphatic carbocycles. The number of anilines is 1. The van der Waals surface area contributed by atoms with Crippen molar-refractivity contribution < 1.29 is 23.4 Å². The van der Waals surface area contributed by atoms with Gasteiger partial charge < -0.3 is 19.5 Å². The minimum Gasteiger partial charge on any atom is -0.483 e. The van der Waals surface area contributed by atoms with E-state index in [4.69, 9.17) is 14.2 Å². The van der Waals surface area contributed by atoms with E-state index in [9.17, 15) is 9.18 Å². The van der Waals surface area contributed by atoms with Crippen LogP contribution in [0.15, 0.2) is 72.8 Å². The lowest BCUT2D eigenvalue weighted by atomic mass is 9.87. The molecular weight excluding hydrogens is 409 g/mol. The molecular formula is C26H26FNO4. The number of nitrogens with one attached hydrogen (secondary N) is 1. The van der Waals surface area contributed by atoms with E-state index in [1.165, 1.54) is 24.3 Å². The molecule has 1 N–H and O–H groups in total. The highest BCUT2D eigenvalue weighted by Gasteiger charge is 2.47. The number of ether oxygens (including phenoxy) is 3. The minimum absolute atomic E-state index is 0.265. The number of benzene rings is 3. The van der Waals surface area contributed by atoms with Crippen molar-refractivity contribution in [3.05, 3.63) is 95.3 Å². The first-order valence-corrected chi connectivity index (χ1v) is 10.5. The largest absolute Gasteiger partial charge is 0.483 e. The maximum absolute atomic E-state index is 13.2. The quantitative estimate of drug-likeness (QED) is 0.517. The molecule has 3 aromatic carbocycles. The van der Waals surface area contributed by atoms with Crippen LogP contribution in [0.3, 0.4) is 0 Å². The second kappa shape index (κ2) is 9.01. The van der Waals surface area contributed by atoms with Gasteiger partial charge in [-0.1, -0.05) is 30.3 Å². The molecule has 0 saturated carbocycles. The molecule has 0 radical (unpaired) electrons. The van der Waals surface area contributed by atoms with Crippen LogP contribution in [0, 0.1) is 5.82 Å². The third-order valence-electron chi connectivity index (χ3n) is 5.56. The number of hydrogen-bond donors (Lipinski definition) is 1. The van der Waals surface area contributed by atoms with E-state index in [1.54, 1.807) is 7.11 Å². The van der Waals surface area contributed by atoms with Crippen LogP contribution in [0.2, 0.25) is 0 Å². The van der Waals surface area contributed by atoms with Crippen LogP contribution in [0.4, 0.5) is 10.1 Å². The van der Waals surface area contributed by atoms with Gasteiger partial charge in [0.15, 0.2) is 6.10 Å². The van der Waals surface area contributed by atoms with E-state index < -0.39 is 29.6 Å². The summed E-state index contributed by atoms with van der Waals surface area (Å²) in [4.78, 5) is 12.7. The maximum atomic E-state index is 13.2. The molecule has 32 heavy (non-hydrogen) atoms. The average molecular weight is 435 g/mol. The number of carbonyl (C=O) groups is 1. The molecule has 5 nitrogen and oxygen atoms in total. The predicted octanol–water partition coefficient (Wildman–Crippen LogP) is 5.52. The van der Waals surface area contributed by atoms with Crippen LogP contribution in [-0.4, -0.2) is 24.8 Å². The Labute approximate surface area is 187 Å². The van der Waals surface area contributed by atoms with Gasteiger partial charge in [-0.25, -0.2) is 9.18 Å². The fraction of sp³-hybridized carbons (Fsp3) is 0.269. The van der Waals surface area contributed by atoms with E-state index in [0.29, 0.717) is 12.3 Å². The van der Waals surface area contributed by atoms with Crippen molar-refractivity contribution in [1.29, 1.82) is 0 Å². The first-order chi connectivity index (χ1) is 15.4. The van der Waals surface area contributed by atoms with Crippen LogP contribution in [0.1, 0.15) is 41.4 Å². The Kier molecular flexibility index (Phi) is 6.15. The average Bonchev–Trinajstić information content (AvgIpc) is 2.79. The van der Waals surface area contributed by atoms with Crippen molar-refractivity contribution in [2.24, 2.45) is 0 Å². The van der Waals surface area contributed by atoms with Gasteiger partial charge in [-0.2, -0.15) is 0 Å². The van der Waals surface area contributed by atoms with E-state index >= 15 is 0 Å². The molecule has 0 amide bonds. The lowest BCUT2D eigenvalue weighted by Gasteiger charge is -2.43. The molecule has 0 fully saturated rings. The topological polar surface area (TPSA) is 56.8 Å². The molecule has 6 heteroatoms. The zero-order chi connectivity index (χ0) is 22.7. The third kappa shape index (κ3) is 4.60. The number of rotatable bonds is 6. The fourth-order valence-electron chi connectivity index (χ4n) is 3.87. The van der Waals surface area contributed by atoms with E-state index in [0.717, 1.165) is 16.8 Å². The number of esters is 1. The molecule has 1 aliphatic heterocycles. The zero-order valence-corrected chi connectivity index (χ0v) is 18.3. The molecule has 0 spiro atoms. The molecule has 4 rings (SSSR count). The van der Waals surface area contributed by atoms with Crippen molar-refractivity contribution in [2.75, 3.05) is 12.4 Å². The Hall–Kier alpha value is -3.38. The summed E-state index contributed by atoms with van der Waals surface area (Å²) in [6.07, 6.45) is -1.24. The fourth-order valence-corrected chi connectivity index (χ4v) is 3.87. The van der Waals surface area contributed by atoms with Crippen LogP contribution >= 0.6 is 0 Å². The maximum Gasteiger partial charge on any atom is 0.338 e. The van der Waals surface area contributed by atoms with Gasteiger partial charge in [-0.3, -0.25) is 0 Å².